The minimum Gasteiger partial charge on any atom is -0.383 e. The summed E-state index contributed by atoms with van der Waals surface area (Å²) in [6.07, 6.45) is 0. The Labute approximate surface area is 82.0 Å². The Balaban J connectivity index is 2.41. The summed E-state index contributed by atoms with van der Waals surface area (Å²) in [4.78, 5) is 1.05. The molecule has 1 atom stereocenters. The molecule has 4 heteroatoms. The zero-order valence-electron chi connectivity index (χ0n) is 7.49. The quantitative estimate of drug-likeness (QED) is 0.727. The maximum absolute atomic E-state index is 8.85. The standard InChI is InChI=1S/C9H12N2OS/c1-12-5-4-11-8(7-10)9-3-2-6-13-9/h2-3,6,8,11H,4-5H2,1H3. The highest BCUT2D eigenvalue weighted by Gasteiger charge is 2.09. The molecule has 1 rings (SSSR count). The van der Waals surface area contributed by atoms with E-state index in [1.165, 1.54) is 0 Å². The summed E-state index contributed by atoms with van der Waals surface area (Å²) in [6, 6.07) is 5.91. The van der Waals surface area contributed by atoms with Crippen LogP contribution >= 0.6 is 11.3 Å². The van der Waals surface area contributed by atoms with Crippen LogP contribution in [-0.4, -0.2) is 20.3 Å². The number of methoxy groups -OCH3 is 1. The van der Waals surface area contributed by atoms with Crippen LogP contribution < -0.4 is 5.32 Å². The van der Waals surface area contributed by atoms with E-state index in [9.17, 15) is 0 Å². The maximum atomic E-state index is 8.85. The van der Waals surface area contributed by atoms with Gasteiger partial charge in [-0.3, -0.25) is 5.32 Å². The molecule has 0 saturated carbocycles. The summed E-state index contributed by atoms with van der Waals surface area (Å²) in [5, 5.41) is 13.9. The zero-order valence-corrected chi connectivity index (χ0v) is 8.30. The second kappa shape index (κ2) is 5.70. The molecule has 3 nitrogen and oxygen atoms in total. The maximum Gasteiger partial charge on any atom is 0.130 e. The number of nitriles is 1. The third kappa shape index (κ3) is 3.15. The predicted molar refractivity (Wildman–Crippen MR) is 52.6 cm³/mol. The second-order valence-corrected chi connectivity index (χ2v) is 3.50. The van der Waals surface area contributed by atoms with Crippen molar-refractivity contribution < 1.29 is 4.74 Å². The summed E-state index contributed by atoms with van der Waals surface area (Å²) >= 11 is 1.59. The van der Waals surface area contributed by atoms with Gasteiger partial charge in [0.15, 0.2) is 0 Å². The molecule has 0 aliphatic rings. The van der Waals surface area contributed by atoms with Crippen molar-refractivity contribution in [2.45, 2.75) is 6.04 Å². The molecular weight excluding hydrogens is 184 g/mol. The first kappa shape index (κ1) is 10.2. The van der Waals surface area contributed by atoms with E-state index in [4.69, 9.17) is 10.00 Å². The smallest absolute Gasteiger partial charge is 0.130 e. The minimum atomic E-state index is -0.199. The first-order chi connectivity index (χ1) is 6.38. The molecule has 0 amide bonds. The Kier molecular flexibility index (Phi) is 4.47. The van der Waals surface area contributed by atoms with E-state index < -0.39 is 0 Å². The van der Waals surface area contributed by atoms with Gasteiger partial charge < -0.3 is 4.74 Å². The number of hydrogen-bond donors (Lipinski definition) is 1. The molecular formula is C9H12N2OS. The highest BCUT2D eigenvalue weighted by molar-refractivity contribution is 7.10. The molecule has 1 aromatic heterocycles. The van der Waals surface area contributed by atoms with Gasteiger partial charge in [-0.1, -0.05) is 6.07 Å². The van der Waals surface area contributed by atoms with Crippen molar-refractivity contribution in [3.05, 3.63) is 22.4 Å². The normalized spacial score (nSPS) is 12.3. The zero-order chi connectivity index (χ0) is 9.52. The van der Waals surface area contributed by atoms with Crippen molar-refractivity contribution in [2.75, 3.05) is 20.3 Å². The average Bonchev–Trinajstić information content (AvgIpc) is 2.65. The molecule has 0 aromatic carbocycles. The lowest BCUT2D eigenvalue weighted by Gasteiger charge is -2.08. The van der Waals surface area contributed by atoms with Crippen LogP contribution in [0.3, 0.4) is 0 Å². The highest BCUT2D eigenvalue weighted by atomic mass is 32.1. The fourth-order valence-corrected chi connectivity index (χ4v) is 1.71. The van der Waals surface area contributed by atoms with Crippen molar-refractivity contribution in [2.24, 2.45) is 0 Å². The molecule has 1 heterocycles. The Morgan fingerprint density at radius 3 is 3.15 bits per heavy atom. The molecule has 0 bridgehead atoms. The Hall–Kier alpha value is -0.890. The molecule has 70 valence electrons. The van der Waals surface area contributed by atoms with Crippen molar-refractivity contribution in [3.63, 3.8) is 0 Å². The summed E-state index contributed by atoms with van der Waals surface area (Å²) in [6.45, 7) is 1.33. The van der Waals surface area contributed by atoms with E-state index in [2.05, 4.69) is 11.4 Å². The second-order valence-electron chi connectivity index (χ2n) is 2.52. The fraction of sp³-hybridized carbons (Fsp3) is 0.444. The van der Waals surface area contributed by atoms with Gasteiger partial charge >= 0.3 is 0 Å². The van der Waals surface area contributed by atoms with Gasteiger partial charge in [0.25, 0.3) is 0 Å². The molecule has 1 unspecified atom stereocenters. The van der Waals surface area contributed by atoms with E-state index in [0.717, 1.165) is 4.88 Å². The Morgan fingerprint density at radius 2 is 2.62 bits per heavy atom. The van der Waals surface area contributed by atoms with E-state index >= 15 is 0 Å². The topological polar surface area (TPSA) is 45.0 Å². The van der Waals surface area contributed by atoms with Gasteiger partial charge in [0.1, 0.15) is 6.04 Å². The number of hydrogen-bond acceptors (Lipinski definition) is 4. The molecule has 0 saturated heterocycles. The summed E-state index contributed by atoms with van der Waals surface area (Å²) in [7, 11) is 1.65. The first-order valence-electron chi connectivity index (χ1n) is 4.04. The van der Waals surface area contributed by atoms with E-state index in [1.807, 2.05) is 17.5 Å². The van der Waals surface area contributed by atoms with Crippen LogP contribution in [0.1, 0.15) is 10.9 Å². The van der Waals surface area contributed by atoms with E-state index in [1.54, 1.807) is 18.4 Å². The number of nitrogens with one attached hydrogen (secondary N) is 1. The predicted octanol–water partition coefficient (Wildman–Crippen LogP) is 1.55. The monoisotopic (exact) mass is 196 g/mol. The lowest BCUT2D eigenvalue weighted by molar-refractivity contribution is 0.198. The third-order valence-corrected chi connectivity index (χ3v) is 2.55. The van der Waals surface area contributed by atoms with Gasteiger partial charge in [-0.25, -0.2) is 0 Å². The molecule has 0 radical (unpaired) electrons. The van der Waals surface area contributed by atoms with Crippen LogP contribution in [-0.2, 0) is 4.74 Å². The fourth-order valence-electron chi connectivity index (χ4n) is 0.971. The van der Waals surface area contributed by atoms with E-state index in [0.29, 0.717) is 13.2 Å². The van der Waals surface area contributed by atoms with Gasteiger partial charge in [-0.15, -0.1) is 11.3 Å². The minimum absolute atomic E-state index is 0.199. The van der Waals surface area contributed by atoms with Crippen molar-refractivity contribution in [1.29, 1.82) is 5.26 Å². The summed E-state index contributed by atoms with van der Waals surface area (Å²) in [5.74, 6) is 0. The van der Waals surface area contributed by atoms with Gasteiger partial charge in [-0.05, 0) is 11.4 Å². The van der Waals surface area contributed by atoms with Crippen LogP contribution in [0.15, 0.2) is 17.5 Å². The van der Waals surface area contributed by atoms with Gasteiger partial charge in [-0.2, -0.15) is 5.26 Å². The molecule has 1 aromatic rings. The largest absolute Gasteiger partial charge is 0.383 e. The number of rotatable bonds is 5. The molecule has 0 aliphatic carbocycles. The Bertz CT molecular complexity index is 266. The van der Waals surface area contributed by atoms with Crippen molar-refractivity contribution in [1.82, 2.24) is 5.32 Å². The van der Waals surface area contributed by atoms with Gasteiger partial charge in [0.2, 0.25) is 0 Å². The number of thiophene rings is 1. The Morgan fingerprint density at radius 1 is 1.77 bits per heavy atom. The molecule has 0 fully saturated rings. The summed E-state index contributed by atoms with van der Waals surface area (Å²) in [5.41, 5.74) is 0. The number of nitrogens with zero attached hydrogens (tertiary/aromatic N) is 1. The van der Waals surface area contributed by atoms with E-state index in [-0.39, 0.29) is 6.04 Å². The molecule has 0 spiro atoms. The van der Waals surface area contributed by atoms with Crippen molar-refractivity contribution in [3.8, 4) is 6.07 Å². The van der Waals surface area contributed by atoms with Crippen molar-refractivity contribution >= 4 is 11.3 Å². The average molecular weight is 196 g/mol. The molecule has 1 N–H and O–H groups in total. The van der Waals surface area contributed by atoms with Crippen LogP contribution in [0.25, 0.3) is 0 Å². The molecule has 13 heavy (non-hydrogen) atoms. The van der Waals surface area contributed by atoms with Crippen LogP contribution in [0, 0.1) is 11.3 Å². The lowest BCUT2D eigenvalue weighted by Crippen LogP contribution is -2.23. The van der Waals surface area contributed by atoms with Crippen LogP contribution in [0.5, 0.6) is 0 Å². The van der Waals surface area contributed by atoms with Crippen LogP contribution in [0.4, 0.5) is 0 Å². The first-order valence-corrected chi connectivity index (χ1v) is 4.91. The number of ether oxygens (including phenoxy) is 1. The molecule has 0 aliphatic heterocycles. The summed E-state index contributed by atoms with van der Waals surface area (Å²) < 4.78 is 4.89. The third-order valence-electron chi connectivity index (χ3n) is 1.61. The SMILES string of the molecule is COCCNC(C#N)c1cccs1. The van der Waals surface area contributed by atoms with Gasteiger partial charge in [0, 0.05) is 18.5 Å². The van der Waals surface area contributed by atoms with Crippen LogP contribution in [0.2, 0.25) is 0 Å². The highest BCUT2D eigenvalue weighted by Crippen LogP contribution is 2.17. The lowest BCUT2D eigenvalue weighted by atomic mass is 10.2. The van der Waals surface area contributed by atoms with Gasteiger partial charge in [0.05, 0.1) is 12.7 Å².